The fourth-order valence-corrected chi connectivity index (χ4v) is 3.75. The molecule has 3 rings (SSSR count). The molecule has 0 unspecified atom stereocenters. The van der Waals surface area contributed by atoms with Crippen molar-refractivity contribution in [2.75, 3.05) is 19.7 Å². The van der Waals surface area contributed by atoms with Gasteiger partial charge in [0.25, 0.3) is 9.84 Å². The summed E-state index contributed by atoms with van der Waals surface area (Å²) >= 11 is 0. The Morgan fingerprint density at radius 1 is 1.26 bits per heavy atom. The molecule has 1 N–H and O–H groups in total. The first-order chi connectivity index (χ1) is 12.6. The smallest absolute Gasteiger partial charge is 0.447 e. The molecule has 2 aliphatic rings. The van der Waals surface area contributed by atoms with E-state index in [2.05, 4.69) is 5.32 Å². The van der Waals surface area contributed by atoms with Crippen LogP contribution in [0.25, 0.3) is 0 Å². The van der Waals surface area contributed by atoms with Crippen molar-refractivity contribution in [2.24, 2.45) is 0 Å². The van der Waals surface area contributed by atoms with Gasteiger partial charge in [-0.3, -0.25) is 4.79 Å². The van der Waals surface area contributed by atoms with E-state index < -0.39 is 26.3 Å². The number of rotatable bonds is 5. The van der Waals surface area contributed by atoms with Gasteiger partial charge in [0.15, 0.2) is 0 Å². The van der Waals surface area contributed by atoms with E-state index in [-0.39, 0.29) is 32.3 Å². The minimum absolute atomic E-state index is 0. The van der Waals surface area contributed by atoms with Crippen LogP contribution >= 0.6 is 0 Å². The van der Waals surface area contributed by atoms with Gasteiger partial charge in [-0.1, -0.05) is 12.1 Å². The highest BCUT2D eigenvalue weighted by Crippen LogP contribution is 2.32. The van der Waals surface area contributed by atoms with Crippen LogP contribution in [0.15, 0.2) is 29.2 Å². The first-order valence-electron chi connectivity index (χ1n) is 8.20. The van der Waals surface area contributed by atoms with Crippen molar-refractivity contribution in [3.8, 4) is 0 Å². The zero-order chi connectivity index (χ0) is 19.8. The number of alkyl carbamates (subject to hydrolysis) is 1. The molecule has 0 aliphatic carbocycles. The highest BCUT2D eigenvalue weighted by atomic mass is 32.2. The van der Waals surface area contributed by atoms with Gasteiger partial charge in [0.2, 0.25) is 5.91 Å². The Hall–Kier alpha value is -2.30. The number of carbonyl (C=O) groups is 2. The molecule has 27 heavy (non-hydrogen) atoms. The molecule has 2 saturated heterocycles. The molecule has 11 heteroatoms. The van der Waals surface area contributed by atoms with Crippen molar-refractivity contribution in [3.63, 3.8) is 0 Å². The van der Waals surface area contributed by atoms with Crippen LogP contribution in [-0.2, 0) is 19.4 Å². The molecule has 0 aromatic heterocycles. The molecule has 7 nitrogen and oxygen atoms in total. The summed E-state index contributed by atoms with van der Waals surface area (Å²) < 4.78 is 65.1. The average Bonchev–Trinajstić information content (AvgIpc) is 2.96. The predicted octanol–water partition coefficient (Wildman–Crippen LogP) is 2.04. The van der Waals surface area contributed by atoms with Crippen LogP contribution in [0.4, 0.5) is 18.0 Å². The highest BCUT2D eigenvalue weighted by molar-refractivity contribution is 7.92. The maximum Gasteiger partial charge on any atom is 0.501 e. The lowest BCUT2D eigenvalue weighted by Crippen LogP contribution is -2.48. The number of nitrogens with one attached hydrogen (secondary N) is 1. The molecule has 0 saturated carbocycles. The topological polar surface area (TPSA) is 92.8 Å². The number of hydrogen-bond acceptors (Lipinski definition) is 5. The van der Waals surface area contributed by atoms with Crippen molar-refractivity contribution in [2.45, 2.75) is 35.2 Å². The molecule has 2 fully saturated rings. The Bertz CT molecular complexity index is 839. The minimum Gasteiger partial charge on any atom is -0.447 e. The van der Waals surface area contributed by atoms with Crippen LogP contribution in [0.5, 0.6) is 0 Å². The number of benzene rings is 1. The number of alkyl halides is 3. The van der Waals surface area contributed by atoms with E-state index in [4.69, 9.17) is 4.74 Å². The first-order valence-corrected chi connectivity index (χ1v) is 9.68. The van der Waals surface area contributed by atoms with Gasteiger partial charge in [-0.25, -0.2) is 13.2 Å². The number of sulfone groups is 1. The molecule has 2 amide bonds. The summed E-state index contributed by atoms with van der Waals surface area (Å²) in [5, 5.41) is 2.59. The summed E-state index contributed by atoms with van der Waals surface area (Å²) in [6.45, 7) is 1.07. The molecule has 2 heterocycles. The van der Waals surface area contributed by atoms with Gasteiger partial charge in [-0.05, 0) is 24.1 Å². The van der Waals surface area contributed by atoms with Crippen molar-refractivity contribution >= 4 is 21.8 Å². The zero-order valence-electron chi connectivity index (χ0n) is 14.0. The molecular formula is C16H19F3N2O5S. The number of ether oxygens (including phenoxy) is 1. The summed E-state index contributed by atoms with van der Waals surface area (Å²) in [4.78, 5) is 23.8. The third-order valence-corrected chi connectivity index (χ3v) is 6.15. The third kappa shape index (κ3) is 4.02. The van der Waals surface area contributed by atoms with Crippen molar-refractivity contribution in [1.29, 1.82) is 0 Å². The van der Waals surface area contributed by atoms with Gasteiger partial charge < -0.3 is 15.0 Å². The van der Waals surface area contributed by atoms with Gasteiger partial charge in [0.1, 0.15) is 6.61 Å². The van der Waals surface area contributed by atoms with Crippen LogP contribution in [-0.4, -0.2) is 56.6 Å². The second-order valence-electron chi connectivity index (χ2n) is 6.49. The molecule has 1 aromatic rings. The quantitative estimate of drug-likeness (QED) is 0.805. The summed E-state index contributed by atoms with van der Waals surface area (Å²) in [5.41, 5.74) is -4.66. The van der Waals surface area contributed by atoms with E-state index in [9.17, 15) is 31.2 Å². The van der Waals surface area contributed by atoms with E-state index >= 15 is 0 Å². The lowest BCUT2D eigenvalue weighted by atomic mass is 9.91. The molecule has 1 aromatic carbocycles. The van der Waals surface area contributed by atoms with Crippen molar-refractivity contribution < 1.29 is 37.3 Å². The van der Waals surface area contributed by atoms with Crippen molar-refractivity contribution in [3.05, 3.63) is 29.8 Å². The maximum atomic E-state index is 12.5. The van der Waals surface area contributed by atoms with Crippen LogP contribution in [0.3, 0.4) is 0 Å². The Kier molecular flexibility index (Phi) is 5.06. The summed E-state index contributed by atoms with van der Waals surface area (Å²) in [6.07, 6.45) is 0.229. The molecular weight excluding hydrogens is 389 g/mol. The monoisotopic (exact) mass is 408 g/mol. The molecule has 0 radical (unpaired) electrons. The normalized spacial score (nSPS) is 20.8. The van der Waals surface area contributed by atoms with E-state index in [0.29, 0.717) is 25.1 Å². The predicted molar refractivity (Wildman–Crippen MR) is 88.6 cm³/mol. The standard InChI is InChI=1S/C16H17F3N2O5S.H2/c17-16(18,19)27(24,25)13-4-1-10(2-5-13)11-7-21(8-11)14(22)6-3-12-9-26-15(23)20-12;/h1-2,4-5,11-12H,3,6-9H2,(H,20,23);1H/t12-;/m1./s1. The lowest BCUT2D eigenvalue weighted by Gasteiger charge is -2.40. The second kappa shape index (κ2) is 7.02. The van der Waals surface area contributed by atoms with Crippen LogP contribution in [0.2, 0.25) is 0 Å². The van der Waals surface area contributed by atoms with Gasteiger partial charge in [0, 0.05) is 26.9 Å². The number of carbonyl (C=O) groups excluding carboxylic acids is 2. The maximum absolute atomic E-state index is 12.5. The van der Waals surface area contributed by atoms with Crippen LogP contribution < -0.4 is 5.32 Å². The van der Waals surface area contributed by atoms with Gasteiger partial charge in [-0.15, -0.1) is 0 Å². The SMILES string of the molecule is O=C1N[C@H](CCC(=O)N2CC(c3ccc(S(=O)(=O)C(F)(F)F)cc3)C2)CO1.[HH]. The van der Waals surface area contributed by atoms with Crippen LogP contribution in [0.1, 0.15) is 25.7 Å². The van der Waals surface area contributed by atoms with Gasteiger partial charge >= 0.3 is 11.6 Å². The van der Waals surface area contributed by atoms with Gasteiger partial charge in [-0.2, -0.15) is 13.2 Å². The Morgan fingerprint density at radius 3 is 2.41 bits per heavy atom. The number of amides is 2. The summed E-state index contributed by atoms with van der Waals surface area (Å²) in [7, 11) is -5.36. The minimum atomic E-state index is -5.36. The highest BCUT2D eigenvalue weighted by Gasteiger charge is 2.46. The first kappa shape index (κ1) is 19.5. The summed E-state index contributed by atoms with van der Waals surface area (Å²) in [6, 6.07) is 4.38. The molecule has 150 valence electrons. The third-order valence-electron chi connectivity index (χ3n) is 4.65. The number of hydrogen-bond donors (Lipinski definition) is 1. The fourth-order valence-electron chi connectivity index (χ4n) is 2.98. The van der Waals surface area contributed by atoms with Gasteiger partial charge in [0.05, 0.1) is 10.9 Å². The fraction of sp³-hybridized carbons (Fsp3) is 0.500. The Labute approximate surface area is 154 Å². The van der Waals surface area contributed by atoms with Crippen LogP contribution in [0, 0.1) is 0 Å². The lowest BCUT2D eigenvalue weighted by molar-refractivity contribution is -0.135. The largest absolute Gasteiger partial charge is 0.501 e. The Morgan fingerprint density at radius 2 is 1.89 bits per heavy atom. The number of halogens is 3. The number of nitrogens with zero attached hydrogens (tertiary/aromatic N) is 1. The average molecular weight is 408 g/mol. The second-order valence-corrected chi connectivity index (χ2v) is 8.43. The zero-order valence-corrected chi connectivity index (χ0v) is 14.8. The van der Waals surface area contributed by atoms with E-state index in [1.807, 2.05) is 0 Å². The van der Waals surface area contributed by atoms with E-state index in [0.717, 1.165) is 12.1 Å². The number of cyclic esters (lactones) is 1. The summed E-state index contributed by atoms with van der Waals surface area (Å²) in [5.74, 6) is -0.130. The van der Waals surface area contributed by atoms with E-state index in [1.165, 1.54) is 12.1 Å². The Balaban J connectivity index is 0.00000280. The molecule has 1 atom stereocenters. The molecule has 0 bridgehead atoms. The van der Waals surface area contributed by atoms with E-state index in [1.54, 1.807) is 4.90 Å². The number of likely N-dealkylation sites (tertiary alicyclic amines) is 1. The molecule has 2 aliphatic heterocycles. The molecule has 0 spiro atoms. The van der Waals surface area contributed by atoms with Crippen molar-refractivity contribution in [1.82, 2.24) is 10.2 Å².